The Labute approximate surface area is 80.4 Å². The van der Waals surface area contributed by atoms with Gasteiger partial charge in [0, 0.05) is 13.1 Å². The zero-order valence-corrected chi connectivity index (χ0v) is 8.54. The van der Waals surface area contributed by atoms with E-state index in [0.29, 0.717) is 0 Å². The van der Waals surface area contributed by atoms with Crippen LogP contribution in [0.3, 0.4) is 0 Å². The molecule has 0 fully saturated rings. The standard InChI is InChI=1S/C4H12N2.CHF3O3S/c1-3-5-6-4-2;2-1(3,4)8(5,6)7/h5-6H,3-4H2,1-2H3;(H,5,6,7). The average Bonchev–Trinajstić information content (AvgIpc) is 1.98. The maximum atomic E-state index is 10.7. The van der Waals surface area contributed by atoms with Crippen molar-refractivity contribution in [3.8, 4) is 0 Å². The molecule has 3 N–H and O–H groups in total. The molecule has 0 radical (unpaired) electrons. The Morgan fingerprint density at radius 1 is 1.14 bits per heavy atom. The van der Waals surface area contributed by atoms with Crippen LogP contribution in [0.15, 0.2) is 0 Å². The fourth-order valence-electron chi connectivity index (χ4n) is 0.250. The summed E-state index contributed by atoms with van der Waals surface area (Å²) in [6.45, 7) is 6.10. The van der Waals surface area contributed by atoms with Crippen molar-refractivity contribution in [1.82, 2.24) is 10.9 Å². The third-order valence-corrected chi connectivity index (χ3v) is 1.36. The van der Waals surface area contributed by atoms with Gasteiger partial charge in [-0.3, -0.25) is 15.4 Å². The van der Waals surface area contributed by atoms with Gasteiger partial charge in [0.2, 0.25) is 0 Å². The largest absolute Gasteiger partial charge is 0.522 e. The molecule has 0 aromatic rings. The van der Waals surface area contributed by atoms with Crippen LogP contribution in [0.1, 0.15) is 13.8 Å². The lowest BCUT2D eigenvalue weighted by Gasteiger charge is -1.97. The van der Waals surface area contributed by atoms with Crippen molar-refractivity contribution in [2.75, 3.05) is 13.1 Å². The van der Waals surface area contributed by atoms with Gasteiger partial charge in [-0.2, -0.15) is 21.6 Å². The number of halogens is 3. The van der Waals surface area contributed by atoms with Gasteiger partial charge in [0.25, 0.3) is 0 Å². The number of hydrazine groups is 1. The van der Waals surface area contributed by atoms with Crippen LogP contribution in [0.2, 0.25) is 0 Å². The molecule has 0 aliphatic rings. The molecule has 9 heteroatoms. The van der Waals surface area contributed by atoms with Crippen LogP contribution in [0.4, 0.5) is 13.2 Å². The number of alkyl halides is 3. The van der Waals surface area contributed by atoms with Crippen molar-refractivity contribution in [1.29, 1.82) is 0 Å². The molecule has 0 unspecified atom stereocenters. The molecule has 5 nitrogen and oxygen atoms in total. The molecule has 88 valence electrons. The normalized spacial score (nSPS) is 11.9. The molecule has 0 aliphatic heterocycles. The van der Waals surface area contributed by atoms with Crippen molar-refractivity contribution < 1.29 is 26.1 Å². The van der Waals surface area contributed by atoms with E-state index in [1.54, 1.807) is 0 Å². The van der Waals surface area contributed by atoms with Gasteiger partial charge in [-0.25, -0.2) is 0 Å². The maximum Gasteiger partial charge on any atom is 0.522 e. The molecule has 0 saturated carbocycles. The van der Waals surface area contributed by atoms with Crippen LogP contribution in [0.5, 0.6) is 0 Å². The zero-order valence-electron chi connectivity index (χ0n) is 7.72. The minimum Gasteiger partial charge on any atom is -0.279 e. The van der Waals surface area contributed by atoms with E-state index in [-0.39, 0.29) is 0 Å². The Hall–Kier alpha value is -0.380. The SMILES string of the molecule is CCNNCC.O=S(=O)(O)C(F)(F)F. The number of hydrogen-bond acceptors (Lipinski definition) is 4. The maximum absolute atomic E-state index is 10.7. The van der Waals surface area contributed by atoms with Gasteiger partial charge in [-0.05, 0) is 0 Å². The van der Waals surface area contributed by atoms with Crippen LogP contribution >= 0.6 is 0 Å². The van der Waals surface area contributed by atoms with E-state index in [1.807, 2.05) is 0 Å². The lowest BCUT2D eigenvalue weighted by molar-refractivity contribution is -0.0510. The number of hydrogen-bond donors (Lipinski definition) is 3. The second kappa shape index (κ2) is 6.98. The predicted molar refractivity (Wildman–Crippen MR) is 45.0 cm³/mol. The minimum absolute atomic E-state index is 0.994. The molecular weight excluding hydrogens is 225 g/mol. The van der Waals surface area contributed by atoms with E-state index >= 15 is 0 Å². The highest BCUT2D eigenvalue weighted by molar-refractivity contribution is 7.86. The Bertz CT molecular complexity index is 223. The lowest BCUT2D eigenvalue weighted by atomic mass is 10.8. The van der Waals surface area contributed by atoms with Crippen molar-refractivity contribution in [2.45, 2.75) is 19.4 Å². The van der Waals surface area contributed by atoms with E-state index in [4.69, 9.17) is 13.0 Å². The fraction of sp³-hybridized carbons (Fsp3) is 1.00. The molecule has 14 heavy (non-hydrogen) atoms. The summed E-state index contributed by atoms with van der Waals surface area (Å²) in [5.74, 6) is 0. The first kappa shape index (κ1) is 16.1. The Balaban J connectivity index is 0. The molecule has 0 aromatic heterocycles. The summed E-state index contributed by atoms with van der Waals surface area (Å²) >= 11 is 0. The lowest BCUT2D eigenvalue weighted by Crippen LogP contribution is -2.30. The van der Waals surface area contributed by atoms with Crippen LogP contribution in [0.25, 0.3) is 0 Å². The van der Waals surface area contributed by atoms with Gasteiger partial charge in [-0.1, -0.05) is 13.8 Å². The highest BCUT2D eigenvalue weighted by atomic mass is 32.2. The van der Waals surface area contributed by atoms with E-state index in [1.165, 1.54) is 0 Å². The van der Waals surface area contributed by atoms with Crippen LogP contribution in [-0.2, 0) is 10.1 Å². The predicted octanol–water partition coefficient (Wildman–Crippen LogP) is 0.514. The van der Waals surface area contributed by atoms with Gasteiger partial charge < -0.3 is 0 Å². The van der Waals surface area contributed by atoms with Crippen molar-refractivity contribution in [2.24, 2.45) is 0 Å². The van der Waals surface area contributed by atoms with E-state index in [9.17, 15) is 13.2 Å². The average molecular weight is 238 g/mol. The van der Waals surface area contributed by atoms with E-state index in [0.717, 1.165) is 13.1 Å². The molecule has 0 saturated heterocycles. The monoisotopic (exact) mass is 238 g/mol. The summed E-state index contributed by atoms with van der Waals surface area (Å²) in [4.78, 5) is 0. The number of rotatable bonds is 3. The first-order valence-corrected chi connectivity index (χ1v) is 5.10. The number of nitrogens with one attached hydrogen (secondary N) is 2. The summed E-state index contributed by atoms with van der Waals surface area (Å²) in [7, 11) is -5.84. The van der Waals surface area contributed by atoms with Crippen LogP contribution < -0.4 is 10.9 Å². The van der Waals surface area contributed by atoms with Gasteiger partial charge >= 0.3 is 15.6 Å². The molecule has 0 bridgehead atoms. The Kier molecular flexibility index (Phi) is 8.01. The summed E-state index contributed by atoms with van der Waals surface area (Å²) in [5, 5.41) is 0. The molecule has 0 spiro atoms. The fourth-order valence-corrected chi connectivity index (χ4v) is 0.250. The van der Waals surface area contributed by atoms with Gasteiger partial charge in [0.1, 0.15) is 0 Å². The second-order valence-electron chi connectivity index (χ2n) is 1.98. The van der Waals surface area contributed by atoms with Crippen molar-refractivity contribution in [3.05, 3.63) is 0 Å². The van der Waals surface area contributed by atoms with Gasteiger partial charge in [-0.15, -0.1) is 0 Å². The molecular formula is C5H13F3N2O3S. The highest BCUT2D eigenvalue weighted by Gasteiger charge is 2.44. The Morgan fingerprint density at radius 2 is 1.36 bits per heavy atom. The first-order valence-electron chi connectivity index (χ1n) is 3.66. The summed E-state index contributed by atoms with van der Waals surface area (Å²) in [6.07, 6.45) is 0. The molecule has 0 aromatic carbocycles. The summed E-state index contributed by atoms with van der Waals surface area (Å²) in [6, 6.07) is 0. The third-order valence-electron chi connectivity index (χ3n) is 0.771. The van der Waals surface area contributed by atoms with Crippen molar-refractivity contribution in [3.63, 3.8) is 0 Å². The first-order chi connectivity index (χ1) is 6.16. The van der Waals surface area contributed by atoms with Crippen molar-refractivity contribution >= 4 is 10.1 Å². The van der Waals surface area contributed by atoms with E-state index < -0.39 is 15.6 Å². The molecule has 0 aliphatic carbocycles. The third kappa shape index (κ3) is 9.71. The van der Waals surface area contributed by atoms with Crippen LogP contribution in [-0.4, -0.2) is 31.6 Å². The molecule has 0 atom stereocenters. The summed E-state index contributed by atoms with van der Waals surface area (Å²) < 4.78 is 57.5. The minimum atomic E-state index is -5.84. The molecule has 0 rings (SSSR count). The topological polar surface area (TPSA) is 78.4 Å². The zero-order chi connectivity index (χ0) is 11.8. The second-order valence-corrected chi connectivity index (χ2v) is 3.39. The van der Waals surface area contributed by atoms with Gasteiger partial charge in [0.15, 0.2) is 0 Å². The Morgan fingerprint density at radius 3 is 1.43 bits per heavy atom. The summed E-state index contributed by atoms with van der Waals surface area (Å²) in [5.41, 5.74) is 0.361. The smallest absolute Gasteiger partial charge is 0.279 e. The quantitative estimate of drug-likeness (QED) is 0.289. The van der Waals surface area contributed by atoms with Gasteiger partial charge in [0.05, 0.1) is 0 Å². The molecule has 0 amide bonds. The molecule has 0 heterocycles. The highest BCUT2D eigenvalue weighted by Crippen LogP contribution is 2.20. The van der Waals surface area contributed by atoms with Crippen LogP contribution in [0, 0.1) is 0 Å². The van der Waals surface area contributed by atoms with E-state index in [2.05, 4.69) is 24.7 Å².